The average molecular weight is 449 g/mol. The van der Waals surface area contributed by atoms with E-state index in [2.05, 4.69) is 10.3 Å². The Hall–Kier alpha value is -3.02. The number of ether oxygens (including phenoxy) is 1. The summed E-state index contributed by atoms with van der Waals surface area (Å²) in [5.74, 6) is 0.620. The van der Waals surface area contributed by atoms with Gasteiger partial charge in [0.1, 0.15) is 12.4 Å². The first kappa shape index (κ1) is 21.2. The van der Waals surface area contributed by atoms with Crippen LogP contribution < -0.4 is 10.1 Å². The third-order valence-electron chi connectivity index (χ3n) is 4.73. The molecule has 6 heteroatoms. The standard InChI is InChI=1S/C25H21ClN2O2S/c1-16-3-4-17(2)22(13-16)27-25-28-24(29)23(31-25)14-18-7-11-21(12-8-18)30-15-19-5-9-20(26)10-6-19/h3-14H,15H2,1-2H3,(H,27,28,29). The van der Waals surface area contributed by atoms with Gasteiger partial charge in [0.05, 0.1) is 10.6 Å². The fourth-order valence-corrected chi connectivity index (χ4v) is 3.95. The molecule has 0 unspecified atom stereocenters. The zero-order valence-electron chi connectivity index (χ0n) is 17.2. The van der Waals surface area contributed by atoms with Crippen molar-refractivity contribution in [1.82, 2.24) is 5.32 Å². The molecule has 1 aliphatic heterocycles. The molecule has 156 valence electrons. The van der Waals surface area contributed by atoms with Crippen molar-refractivity contribution in [3.8, 4) is 5.75 Å². The summed E-state index contributed by atoms with van der Waals surface area (Å²) < 4.78 is 5.81. The molecule has 1 heterocycles. The highest BCUT2D eigenvalue weighted by atomic mass is 35.5. The molecule has 0 aromatic heterocycles. The van der Waals surface area contributed by atoms with Gasteiger partial charge in [-0.05, 0) is 84.3 Å². The molecule has 0 spiro atoms. The number of amidine groups is 1. The Kier molecular flexibility index (Phi) is 6.44. The van der Waals surface area contributed by atoms with E-state index in [-0.39, 0.29) is 5.91 Å². The van der Waals surface area contributed by atoms with Gasteiger partial charge in [-0.2, -0.15) is 0 Å². The van der Waals surface area contributed by atoms with Crippen molar-refractivity contribution in [1.29, 1.82) is 0 Å². The molecule has 31 heavy (non-hydrogen) atoms. The minimum Gasteiger partial charge on any atom is -0.489 e. The summed E-state index contributed by atoms with van der Waals surface area (Å²) in [4.78, 5) is 17.6. The first-order chi connectivity index (χ1) is 15.0. The number of aliphatic imine (C=N–C) groups is 1. The first-order valence-electron chi connectivity index (χ1n) is 9.80. The highest BCUT2D eigenvalue weighted by Gasteiger charge is 2.24. The molecule has 0 atom stereocenters. The molecule has 0 saturated carbocycles. The van der Waals surface area contributed by atoms with Crippen molar-refractivity contribution in [2.75, 3.05) is 0 Å². The molecular weight excluding hydrogens is 428 g/mol. The molecule has 0 bridgehead atoms. The van der Waals surface area contributed by atoms with Gasteiger partial charge in [-0.15, -0.1) is 0 Å². The summed E-state index contributed by atoms with van der Waals surface area (Å²) in [6, 6.07) is 21.3. The van der Waals surface area contributed by atoms with E-state index in [0.29, 0.717) is 21.7 Å². The van der Waals surface area contributed by atoms with Crippen LogP contribution in [0.4, 0.5) is 5.69 Å². The van der Waals surface area contributed by atoms with Crippen LogP contribution in [0.15, 0.2) is 76.6 Å². The highest BCUT2D eigenvalue weighted by molar-refractivity contribution is 8.18. The van der Waals surface area contributed by atoms with Crippen LogP contribution in [-0.2, 0) is 11.4 Å². The van der Waals surface area contributed by atoms with E-state index in [4.69, 9.17) is 16.3 Å². The number of amides is 1. The van der Waals surface area contributed by atoms with Gasteiger partial charge in [-0.1, -0.05) is 48.0 Å². The van der Waals surface area contributed by atoms with Crippen molar-refractivity contribution < 1.29 is 9.53 Å². The second-order valence-corrected chi connectivity index (χ2v) is 8.72. The molecule has 1 amide bonds. The summed E-state index contributed by atoms with van der Waals surface area (Å²) in [5, 5.41) is 4.14. The molecule has 0 aliphatic carbocycles. The van der Waals surface area contributed by atoms with Crippen LogP contribution in [0.1, 0.15) is 22.3 Å². The zero-order valence-corrected chi connectivity index (χ0v) is 18.8. The molecule has 1 N–H and O–H groups in total. The Morgan fingerprint density at radius 2 is 1.77 bits per heavy atom. The lowest BCUT2D eigenvalue weighted by molar-refractivity contribution is -0.115. The summed E-state index contributed by atoms with van der Waals surface area (Å²) in [5.41, 5.74) is 5.04. The normalized spacial score (nSPS) is 16.0. The summed E-state index contributed by atoms with van der Waals surface area (Å²) in [6.45, 7) is 4.50. The van der Waals surface area contributed by atoms with Crippen molar-refractivity contribution in [3.63, 3.8) is 0 Å². The molecule has 1 fully saturated rings. The number of benzene rings is 3. The number of thioether (sulfide) groups is 1. The number of nitrogens with one attached hydrogen (secondary N) is 1. The third-order valence-corrected chi connectivity index (χ3v) is 5.90. The first-order valence-corrected chi connectivity index (χ1v) is 11.0. The number of hydrogen-bond acceptors (Lipinski definition) is 4. The van der Waals surface area contributed by atoms with Crippen LogP contribution in [0.2, 0.25) is 5.02 Å². The summed E-state index contributed by atoms with van der Waals surface area (Å²) in [7, 11) is 0. The van der Waals surface area contributed by atoms with Crippen LogP contribution in [0.5, 0.6) is 5.75 Å². The van der Waals surface area contributed by atoms with E-state index in [1.165, 1.54) is 11.8 Å². The summed E-state index contributed by atoms with van der Waals surface area (Å²) >= 11 is 7.25. The van der Waals surface area contributed by atoms with E-state index in [1.54, 1.807) is 0 Å². The van der Waals surface area contributed by atoms with E-state index in [1.807, 2.05) is 86.7 Å². The monoisotopic (exact) mass is 448 g/mol. The molecule has 1 saturated heterocycles. The van der Waals surface area contributed by atoms with Crippen molar-refractivity contribution in [2.45, 2.75) is 20.5 Å². The van der Waals surface area contributed by atoms with E-state index in [0.717, 1.165) is 33.7 Å². The number of nitrogens with zero attached hydrogens (tertiary/aromatic N) is 1. The van der Waals surface area contributed by atoms with Crippen molar-refractivity contribution >= 4 is 46.2 Å². The fraction of sp³-hybridized carbons (Fsp3) is 0.120. The summed E-state index contributed by atoms with van der Waals surface area (Å²) in [6.07, 6.45) is 1.86. The number of rotatable bonds is 5. The van der Waals surface area contributed by atoms with Crippen LogP contribution in [-0.4, -0.2) is 11.1 Å². The molecule has 4 rings (SSSR count). The minimum absolute atomic E-state index is 0.142. The molecule has 4 nitrogen and oxygen atoms in total. The van der Waals surface area contributed by atoms with E-state index >= 15 is 0 Å². The second-order valence-electron chi connectivity index (χ2n) is 7.26. The lowest BCUT2D eigenvalue weighted by Crippen LogP contribution is -2.19. The van der Waals surface area contributed by atoms with Gasteiger partial charge in [0.25, 0.3) is 5.91 Å². The largest absolute Gasteiger partial charge is 0.489 e. The van der Waals surface area contributed by atoms with Crippen molar-refractivity contribution in [2.24, 2.45) is 4.99 Å². The number of hydrogen-bond donors (Lipinski definition) is 1. The molecule has 3 aromatic rings. The van der Waals surface area contributed by atoms with Gasteiger partial charge in [0.2, 0.25) is 0 Å². The molecule has 3 aromatic carbocycles. The van der Waals surface area contributed by atoms with Crippen LogP contribution in [0.3, 0.4) is 0 Å². The van der Waals surface area contributed by atoms with E-state index in [9.17, 15) is 4.79 Å². The average Bonchev–Trinajstić information content (AvgIpc) is 3.10. The predicted octanol–water partition coefficient (Wildman–Crippen LogP) is 6.43. The Balaban J connectivity index is 1.42. The molecule has 1 aliphatic rings. The smallest absolute Gasteiger partial charge is 0.264 e. The topological polar surface area (TPSA) is 50.7 Å². The third kappa shape index (κ3) is 5.57. The highest BCUT2D eigenvalue weighted by Crippen LogP contribution is 2.30. The maximum atomic E-state index is 12.4. The van der Waals surface area contributed by atoms with Crippen molar-refractivity contribution in [3.05, 3.63) is 98.9 Å². The quantitative estimate of drug-likeness (QED) is 0.457. The van der Waals surface area contributed by atoms with Gasteiger partial charge < -0.3 is 10.1 Å². The number of aryl methyl sites for hydroxylation is 2. The zero-order chi connectivity index (χ0) is 21.8. The van der Waals surface area contributed by atoms with Gasteiger partial charge >= 0.3 is 0 Å². The Bertz CT molecular complexity index is 1170. The number of carbonyl (C=O) groups is 1. The Morgan fingerprint density at radius 3 is 2.52 bits per heavy atom. The molecular formula is C25H21ClN2O2S. The van der Waals surface area contributed by atoms with Crippen LogP contribution in [0, 0.1) is 13.8 Å². The van der Waals surface area contributed by atoms with Gasteiger partial charge in [0.15, 0.2) is 5.17 Å². The van der Waals surface area contributed by atoms with Gasteiger partial charge in [-0.3, -0.25) is 4.79 Å². The Labute approximate surface area is 191 Å². The van der Waals surface area contributed by atoms with Gasteiger partial charge in [-0.25, -0.2) is 4.99 Å². The Morgan fingerprint density at radius 1 is 1.03 bits per heavy atom. The maximum absolute atomic E-state index is 12.4. The van der Waals surface area contributed by atoms with Gasteiger partial charge in [0, 0.05) is 5.02 Å². The lowest BCUT2D eigenvalue weighted by atomic mass is 10.1. The van der Waals surface area contributed by atoms with Crippen LogP contribution >= 0.6 is 23.4 Å². The predicted molar refractivity (Wildman–Crippen MR) is 129 cm³/mol. The number of carbonyl (C=O) groups excluding carboxylic acids is 1. The fourth-order valence-electron chi connectivity index (χ4n) is 2.99. The van der Waals surface area contributed by atoms with Crippen LogP contribution in [0.25, 0.3) is 6.08 Å². The molecule has 0 radical (unpaired) electrons. The lowest BCUT2D eigenvalue weighted by Gasteiger charge is -2.06. The van der Waals surface area contributed by atoms with E-state index < -0.39 is 0 Å². The minimum atomic E-state index is -0.142. The SMILES string of the molecule is Cc1ccc(C)c(N=C2NC(=O)C(=Cc3ccc(OCc4ccc(Cl)cc4)cc3)S2)c1. The maximum Gasteiger partial charge on any atom is 0.264 e. The number of halogens is 1. The second kappa shape index (κ2) is 9.41.